The first-order valence-electron chi connectivity index (χ1n) is 6.24. The molecule has 0 aliphatic carbocycles. The molecule has 1 heterocycles. The third-order valence-electron chi connectivity index (χ3n) is 3.61. The van der Waals surface area contributed by atoms with Gasteiger partial charge in [-0.3, -0.25) is 0 Å². The zero-order chi connectivity index (χ0) is 14.2. The van der Waals surface area contributed by atoms with Crippen LogP contribution in [0.15, 0.2) is 23.1 Å². The number of rotatable bonds is 3. The Balaban J connectivity index is 2.21. The highest BCUT2D eigenvalue weighted by Gasteiger charge is 2.26. The lowest BCUT2D eigenvalue weighted by Crippen LogP contribution is -2.25. The Morgan fingerprint density at radius 2 is 2.11 bits per heavy atom. The number of hydrogen-bond acceptors (Lipinski definition) is 4. The highest BCUT2D eigenvalue weighted by molar-refractivity contribution is 7.90. The van der Waals surface area contributed by atoms with Crippen LogP contribution in [-0.2, 0) is 9.84 Å². The van der Waals surface area contributed by atoms with Gasteiger partial charge in [-0.25, -0.2) is 12.8 Å². The summed E-state index contributed by atoms with van der Waals surface area (Å²) in [5.41, 5.74) is 0.260. The minimum atomic E-state index is -3.31. The molecule has 1 saturated heterocycles. The van der Waals surface area contributed by atoms with Crippen LogP contribution in [0, 0.1) is 5.82 Å². The third-order valence-corrected chi connectivity index (χ3v) is 4.72. The van der Waals surface area contributed by atoms with Gasteiger partial charge in [-0.05, 0) is 38.6 Å². The zero-order valence-corrected chi connectivity index (χ0v) is 12.2. The lowest BCUT2D eigenvalue weighted by atomic mass is 10.2. The number of benzene rings is 1. The van der Waals surface area contributed by atoms with E-state index in [0.717, 1.165) is 19.2 Å². The smallest absolute Gasteiger partial charge is 0.175 e. The summed E-state index contributed by atoms with van der Waals surface area (Å²) in [7, 11) is -1.29. The highest BCUT2D eigenvalue weighted by Crippen LogP contribution is 2.24. The maximum Gasteiger partial charge on any atom is 0.175 e. The first-order chi connectivity index (χ1) is 8.77. The molecule has 0 amide bonds. The molecule has 1 aliphatic heterocycles. The highest BCUT2D eigenvalue weighted by atomic mass is 32.2. The first kappa shape index (κ1) is 14.3. The topological polar surface area (TPSA) is 49.4 Å². The molecule has 106 valence electrons. The Morgan fingerprint density at radius 3 is 2.63 bits per heavy atom. The van der Waals surface area contributed by atoms with Crippen LogP contribution in [0.1, 0.15) is 13.3 Å². The summed E-state index contributed by atoms with van der Waals surface area (Å²) in [5, 5.41) is 3.10. The van der Waals surface area contributed by atoms with Gasteiger partial charge in [0, 0.05) is 24.9 Å². The van der Waals surface area contributed by atoms with Crippen molar-refractivity contribution in [1.82, 2.24) is 4.90 Å². The van der Waals surface area contributed by atoms with Crippen LogP contribution in [-0.4, -0.2) is 45.2 Å². The molecule has 0 bridgehead atoms. The number of halogens is 1. The van der Waals surface area contributed by atoms with Gasteiger partial charge < -0.3 is 10.2 Å². The van der Waals surface area contributed by atoms with Crippen molar-refractivity contribution in [2.45, 2.75) is 30.3 Å². The van der Waals surface area contributed by atoms with Crippen LogP contribution in [0.4, 0.5) is 10.1 Å². The Labute approximate surface area is 113 Å². The zero-order valence-electron chi connectivity index (χ0n) is 11.4. The Morgan fingerprint density at radius 1 is 1.42 bits per heavy atom. The molecule has 2 rings (SSSR count). The second-order valence-corrected chi connectivity index (χ2v) is 7.30. The Hall–Kier alpha value is -1.14. The standard InChI is InChI=1S/C13H19FN2O2S/c1-9-6-10(8-16(9)2)15-13-7-11(19(3,17)18)4-5-12(13)14/h4-5,7,9-10,15H,6,8H2,1-3H3. The lowest BCUT2D eigenvalue weighted by molar-refractivity contribution is 0.330. The van der Waals surface area contributed by atoms with Crippen LogP contribution < -0.4 is 5.32 Å². The molecule has 1 aromatic rings. The Kier molecular flexibility index (Phi) is 3.82. The molecule has 1 fully saturated rings. The number of hydrogen-bond donors (Lipinski definition) is 1. The van der Waals surface area contributed by atoms with E-state index in [9.17, 15) is 12.8 Å². The molecular weight excluding hydrogens is 267 g/mol. The molecule has 1 aromatic carbocycles. The summed E-state index contributed by atoms with van der Waals surface area (Å²) >= 11 is 0. The molecule has 2 unspecified atom stereocenters. The minimum absolute atomic E-state index is 0.135. The van der Waals surface area contributed by atoms with Gasteiger partial charge in [-0.15, -0.1) is 0 Å². The fourth-order valence-electron chi connectivity index (χ4n) is 2.36. The van der Waals surface area contributed by atoms with Gasteiger partial charge in [-0.1, -0.05) is 0 Å². The number of nitrogens with one attached hydrogen (secondary N) is 1. The summed E-state index contributed by atoms with van der Waals surface area (Å²) in [6.07, 6.45) is 2.04. The van der Waals surface area contributed by atoms with Gasteiger partial charge in [0.25, 0.3) is 0 Å². The van der Waals surface area contributed by atoms with Crippen molar-refractivity contribution in [2.24, 2.45) is 0 Å². The second kappa shape index (κ2) is 5.09. The van der Waals surface area contributed by atoms with Gasteiger partial charge in [0.05, 0.1) is 10.6 Å². The summed E-state index contributed by atoms with van der Waals surface area (Å²) < 4.78 is 36.7. The second-order valence-electron chi connectivity index (χ2n) is 5.28. The SMILES string of the molecule is CC1CC(Nc2cc(S(C)(=O)=O)ccc2F)CN1C. The first-order valence-corrected chi connectivity index (χ1v) is 8.13. The molecule has 1 N–H and O–H groups in total. The van der Waals surface area contributed by atoms with E-state index in [4.69, 9.17) is 0 Å². The molecular formula is C13H19FN2O2S. The summed E-state index contributed by atoms with van der Waals surface area (Å²) in [6, 6.07) is 4.44. The minimum Gasteiger partial charge on any atom is -0.379 e. The third kappa shape index (κ3) is 3.25. The van der Waals surface area contributed by atoms with E-state index < -0.39 is 15.7 Å². The lowest BCUT2D eigenvalue weighted by Gasteiger charge is -2.15. The average Bonchev–Trinajstić information content (AvgIpc) is 2.59. The molecule has 0 saturated carbocycles. The van der Waals surface area contributed by atoms with Crippen molar-refractivity contribution in [3.8, 4) is 0 Å². The van der Waals surface area contributed by atoms with E-state index in [0.29, 0.717) is 6.04 Å². The number of anilines is 1. The van der Waals surface area contributed by atoms with Crippen LogP contribution >= 0.6 is 0 Å². The molecule has 0 radical (unpaired) electrons. The van der Waals surface area contributed by atoms with Crippen molar-refractivity contribution in [3.05, 3.63) is 24.0 Å². The number of sulfone groups is 1. The van der Waals surface area contributed by atoms with Gasteiger partial charge in [0.1, 0.15) is 5.82 Å². The molecule has 19 heavy (non-hydrogen) atoms. The largest absolute Gasteiger partial charge is 0.379 e. The maximum absolute atomic E-state index is 13.7. The molecule has 2 atom stereocenters. The van der Waals surface area contributed by atoms with Gasteiger partial charge in [-0.2, -0.15) is 0 Å². The molecule has 6 heteroatoms. The predicted molar refractivity (Wildman–Crippen MR) is 73.6 cm³/mol. The van der Waals surface area contributed by atoms with Gasteiger partial charge >= 0.3 is 0 Å². The van der Waals surface area contributed by atoms with E-state index in [2.05, 4.69) is 17.1 Å². The van der Waals surface area contributed by atoms with E-state index in [-0.39, 0.29) is 16.6 Å². The molecule has 0 aromatic heterocycles. The van der Waals surface area contributed by atoms with Crippen molar-refractivity contribution in [3.63, 3.8) is 0 Å². The van der Waals surface area contributed by atoms with Crippen LogP contribution in [0.25, 0.3) is 0 Å². The predicted octanol–water partition coefficient (Wildman–Crippen LogP) is 1.73. The van der Waals surface area contributed by atoms with Crippen molar-refractivity contribution >= 4 is 15.5 Å². The number of nitrogens with zero attached hydrogens (tertiary/aromatic N) is 1. The molecule has 1 aliphatic rings. The van der Waals surface area contributed by atoms with E-state index in [1.807, 2.05) is 7.05 Å². The summed E-state index contributed by atoms with van der Waals surface area (Å²) in [5.74, 6) is -0.422. The van der Waals surface area contributed by atoms with Crippen molar-refractivity contribution < 1.29 is 12.8 Å². The normalized spacial score (nSPS) is 24.6. The monoisotopic (exact) mass is 286 g/mol. The van der Waals surface area contributed by atoms with Crippen LogP contribution in [0.3, 0.4) is 0 Å². The van der Waals surface area contributed by atoms with E-state index in [1.54, 1.807) is 0 Å². The maximum atomic E-state index is 13.7. The molecule has 0 spiro atoms. The number of likely N-dealkylation sites (tertiary alicyclic amines) is 1. The van der Waals surface area contributed by atoms with Gasteiger partial charge in [0.2, 0.25) is 0 Å². The Bertz CT molecular complexity index is 564. The summed E-state index contributed by atoms with van der Waals surface area (Å²) in [4.78, 5) is 2.33. The fraction of sp³-hybridized carbons (Fsp3) is 0.538. The number of likely N-dealkylation sites (N-methyl/N-ethyl adjacent to an activating group) is 1. The summed E-state index contributed by atoms with van der Waals surface area (Å²) in [6.45, 7) is 2.94. The van der Waals surface area contributed by atoms with Crippen LogP contribution in [0.2, 0.25) is 0 Å². The van der Waals surface area contributed by atoms with Crippen molar-refractivity contribution in [1.29, 1.82) is 0 Å². The average molecular weight is 286 g/mol. The van der Waals surface area contributed by atoms with Gasteiger partial charge in [0.15, 0.2) is 9.84 Å². The fourth-order valence-corrected chi connectivity index (χ4v) is 3.01. The van der Waals surface area contributed by atoms with Crippen LogP contribution in [0.5, 0.6) is 0 Å². The van der Waals surface area contributed by atoms with E-state index in [1.165, 1.54) is 18.2 Å². The quantitative estimate of drug-likeness (QED) is 0.860. The molecule has 4 nitrogen and oxygen atoms in total. The van der Waals surface area contributed by atoms with Crippen molar-refractivity contribution in [2.75, 3.05) is 25.2 Å². The van der Waals surface area contributed by atoms with E-state index >= 15 is 0 Å².